The summed E-state index contributed by atoms with van der Waals surface area (Å²) in [6.45, 7) is 2.53. The Bertz CT molecular complexity index is 326. The van der Waals surface area contributed by atoms with Crippen LogP contribution in [0.2, 0.25) is 0 Å². The molecule has 1 aliphatic heterocycles. The fourth-order valence-electron chi connectivity index (χ4n) is 1.82. The van der Waals surface area contributed by atoms with E-state index in [1.54, 1.807) is 11.3 Å². The molecule has 1 aliphatic rings. The van der Waals surface area contributed by atoms with Crippen LogP contribution in [-0.4, -0.2) is 42.5 Å². The SMILES string of the molecule is OCCOC1CCN(c2nc(Br)cs2)CC1. The van der Waals surface area contributed by atoms with Crippen molar-refractivity contribution >= 4 is 32.4 Å². The minimum atomic E-state index is 0.111. The van der Waals surface area contributed by atoms with Gasteiger partial charge < -0.3 is 14.7 Å². The molecular formula is C10H15BrN2O2S. The van der Waals surface area contributed by atoms with Gasteiger partial charge in [-0.3, -0.25) is 0 Å². The molecular weight excluding hydrogens is 292 g/mol. The lowest BCUT2D eigenvalue weighted by Gasteiger charge is -2.31. The number of halogens is 1. The van der Waals surface area contributed by atoms with Gasteiger partial charge in [-0.2, -0.15) is 0 Å². The molecule has 0 atom stereocenters. The summed E-state index contributed by atoms with van der Waals surface area (Å²) >= 11 is 5.03. The maximum absolute atomic E-state index is 8.68. The van der Waals surface area contributed by atoms with E-state index in [2.05, 4.69) is 25.8 Å². The number of nitrogens with zero attached hydrogens (tertiary/aromatic N) is 2. The zero-order chi connectivity index (χ0) is 11.4. The van der Waals surface area contributed by atoms with Gasteiger partial charge in [-0.05, 0) is 28.8 Å². The highest BCUT2D eigenvalue weighted by Crippen LogP contribution is 2.26. The highest BCUT2D eigenvalue weighted by atomic mass is 79.9. The van der Waals surface area contributed by atoms with Crippen LogP contribution in [0.4, 0.5) is 5.13 Å². The Morgan fingerprint density at radius 3 is 2.88 bits per heavy atom. The number of piperidine rings is 1. The van der Waals surface area contributed by atoms with Crippen molar-refractivity contribution < 1.29 is 9.84 Å². The molecule has 0 saturated carbocycles. The average molecular weight is 307 g/mol. The summed E-state index contributed by atoms with van der Waals surface area (Å²) < 4.78 is 6.43. The van der Waals surface area contributed by atoms with Crippen molar-refractivity contribution in [2.45, 2.75) is 18.9 Å². The monoisotopic (exact) mass is 306 g/mol. The molecule has 0 aliphatic carbocycles. The molecule has 2 heterocycles. The first-order chi connectivity index (χ1) is 7.79. The summed E-state index contributed by atoms with van der Waals surface area (Å²) in [5.74, 6) is 0. The van der Waals surface area contributed by atoms with Crippen molar-refractivity contribution in [1.82, 2.24) is 4.98 Å². The third-order valence-corrected chi connectivity index (χ3v) is 4.23. The molecule has 6 heteroatoms. The van der Waals surface area contributed by atoms with Gasteiger partial charge in [-0.15, -0.1) is 11.3 Å². The Hall–Kier alpha value is -0.170. The first-order valence-corrected chi connectivity index (χ1v) is 7.05. The normalized spacial score (nSPS) is 18.0. The van der Waals surface area contributed by atoms with E-state index in [-0.39, 0.29) is 6.61 Å². The van der Waals surface area contributed by atoms with E-state index in [1.165, 1.54) is 0 Å². The van der Waals surface area contributed by atoms with Crippen LogP contribution in [0, 0.1) is 0 Å². The molecule has 0 amide bonds. The summed E-state index contributed by atoms with van der Waals surface area (Å²) in [4.78, 5) is 6.69. The quantitative estimate of drug-likeness (QED) is 0.922. The minimum absolute atomic E-state index is 0.111. The van der Waals surface area contributed by atoms with Crippen molar-refractivity contribution in [2.24, 2.45) is 0 Å². The summed E-state index contributed by atoms with van der Waals surface area (Å²) in [6, 6.07) is 0. The van der Waals surface area contributed by atoms with Crippen LogP contribution in [0.1, 0.15) is 12.8 Å². The van der Waals surface area contributed by atoms with Crippen molar-refractivity contribution in [1.29, 1.82) is 0 Å². The Kier molecular flexibility index (Phi) is 4.57. The van der Waals surface area contributed by atoms with Crippen molar-refractivity contribution in [3.63, 3.8) is 0 Å². The average Bonchev–Trinajstić information content (AvgIpc) is 2.74. The molecule has 1 N–H and O–H groups in total. The van der Waals surface area contributed by atoms with Gasteiger partial charge in [0.1, 0.15) is 4.60 Å². The largest absolute Gasteiger partial charge is 0.394 e. The maximum atomic E-state index is 8.68. The molecule has 1 saturated heterocycles. The molecule has 0 radical (unpaired) electrons. The molecule has 0 aromatic carbocycles. The highest BCUT2D eigenvalue weighted by molar-refractivity contribution is 9.10. The van der Waals surface area contributed by atoms with E-state index < -0.39 is 0 Å². The highest BCUT2D eigenvalue weighted by Gasteiger charge is 2.21. The van der Waals surface area contributed by atoms with E-state index in [0.717, 1.165) is 35.7 Å². The lowest BCUT2D eigenvalue weighted by atomic mass is 10.1. The molecule has 1 aromatic rings. The molecule has 1 aromatic heterocycles. The van der Waals surface area contributed by atoms with Crippen molar-refractivity contribution in [2.75, 3.05) is 31.2 Å². The molecule has 16 heavy (non-hydrogen) atoms. The van der Waals surface area contributed by atoms with Gasteiger partial charge in [0.05, 0.1) is 19.3 Å². The van der Waals surface area contributed by atoms with E-state index in [4.69, 9.17) is 9.84 Å². The summed E-state index contributed by atoms with van der Waals surface area (Å²) in [6.07, 6.45) is 2.32. The minimum Gasteiger partial charge on any atom is -0.394 e. The van der Waals surface area contributed by atoms with Crippen LogP contribution in [0.5, 0.6) is 0 Å². The van der Waals surface area contributed by atoms with E-state index in [1.807, 2.05) is 5.38 Å². The summed E-state index contributed by atoms with van der Waals surface area (Å²) in [5.41, 5.74) is 0. The summed E-state index contributed by atoms with van der Waals surface area (Å²) in [7, 11) is 0. The fraction of sp³-hybridized carbons (Fsp3) is 0.700. The van der Waals surface area contributed by atoms with Crippen LogP contribution in [0.25, 0.3) is 0 Å². The second-order valence-corrected chi connectivity index (χ2v) is 5.38. The molecule has 0 spiro atoms. The molecule has 0 unspecified atom stereocenters. The number of aromatic nitrogens is 1. The fourth-order valence-corrected chi connectivity index (χ4v) is 3.13. The standard InChI is InChI=1S/C10H15BrN2O2S/c11-9-7-16-10(12-9)13-3-1-8(2-4-13)15-6-5-14/h7-8,14H,1-6H2. The van der Waals surface area contributed by atoms with Crippen LogP contribution in [-0.2, 0) is 4.74 Å². The number of anilines is 1. The Balaban J connectivity index is 1.81. The van der Waals surface area contributed by atoms with Crippen molar-refractivity contribution in [3.05, 3.63) is 9.98 Å². The number of hydrogen-bond donors (Lipinski definition) is 1. The zero-order valence-corrected chi connectivity index (χ0v) is 11.3. The zero-order valence-electron chi connectivity index (χ0n) is 8.93. The van der Waals surface area contributed by atoms with Crippen molar-refractivity contribution in [3.8, 4) is 0 Å². The first-order valence-electron chi connectivity index (χ1n) is 5.38. The van der Waals surface area contributed by atoms with E-state index in [9.17, 15) is 0 Å². The number of aliphatic hydroxyl groups excluding tert-OH is 1. The van der Waals surface area contributed by atoms with Gasteiger partial charge in [0.25, 0.3) is 0 Å². The Morgan fingerprint density at radius 2 is 2.31 bits per heavy atom. The van der Waals surface area contributed by atoms with Gasteiger partial charge in [0.2, 0.25) is 0 Å². The summed E-state index contributed by atoms with van der Waals surface area (Å²) in [5, 5.41) is 11.8. The number of rotatable bonds is 4. The van der Waals surface area contributed by atoms with Crippen LogP contribution in [0.3, 0.4) is 0 Å². The van der Waals surface area contributed by atoms with Gasteiger partial charge >= 0.3 is 0 Å². The van der Waals surface area contributed by atoms with E-state index in [0.29, 0.717) is 12.7 Å². The second-order valence-electron chi connectivity index (χ2n) is 3.73. The maximum Gasteiger partial charge on any atom is 0.186 e. The molecule has 0 bridgehead atoms. The predicted octanol–water partition coefficient (Wildman–Crippen LogP) is 1.88. The lowest BCUT2D eigenvalue weighted by molar-refractivity contribution is 0.0159. The van der Waals surface area contributed by atoms with E-state index >= 15 is 0 Å². The van der Waals surface area contributed by atoms with Gasteiger partial charge in [-0.25, -0.2) is 4.98 Å². The number of thiazole rings is 1. The molecule has 90 valence electrons. The molecule has 1 fully saturated rings. The topological polar surface area (TPSA) is 45.6 Å². The smallest absolute Gasteiger partial charge is 0.186 e. The third kappa shape index (κ3) is 3.16. The van der Waals surface area contributed by atoms with Crippen LogP contribution in [0.15, 0.2) is 9.98 Å². The van der Waals surface area contributed by atoms with Crippen LogP contribution >= 0.6 is 27.3 Å². The third-order valence-electron chi connectivity index (χ3n) is 2.62. The molecule has 4 nitrogen and oxygen atoms in total. The van der Waals surface area contributed by atoms with Gasteiger partial charge in [0.15, 0.2) is 5.13 Å². The number of aliphatic hydroxyl groups is 1. The molecule has 2 rings (SSSR count). The van der Waals surface area contributed by atoms with Gasteiger partial charge in [0, 0.05) is 18.5 Å². The Labute approximate surface area is 107 Å². The number of hydrogen-bond acceptors (Lipinski definition) is 5. The first kappa shape index (κ1) is 12.3. The number of ether oxygens (including phenoxy) is 1. The Morgan fingerprint density at radius 1 is 1.56 bits per heavy atom. The predicted molar refractivity (Wildman–Crippen MR) is 68.1 cm³/mol. The second kappa shape index (κ2) is 5.95. The van der Waals surface area contributed by atoms with Crippen LogP contribution < -0.4 is 4.90 Å². The lowest BCUT2D eigenvalue weighted by Crippen LogP contribution is -2.37. The van der Waals surface area contributed by atoms with Gasteiger partial charge in [-0.1, -0.05) is 0 Å².